The summed E-state index contributed by atoms with van der Waals surface area (Å²) in [6.07, 6.45) is 0.286. The summed E-state index contributed by atoms with van der Waals surface area (Å²) in [5.41, 5.74) is 1.29. The van der Waals surface area contributed by atoms with Crippen LogP contribution in [0, 0.1) is 0 Å². The average molecular weight is 177 g/mol. The second-order valence-electron chi connectivity index (χ2n) is 3.73. The van der Waals surface area contributed by atoms with Crippen molar-refractivity contribution in [1.82, 2.24) is 4.90 Å². The normalized spacial score (nSPS) is 23.1. The van der Waals surface area contributed by atoms with Crippen molar-refractivity contribution in [1.29, 1.82) is 0 Å². The third kappa shape index (κ3) is 1.83. The van der Waals surface area contributed by atoms with E-state index in [0.717, 1.165) is 18.8 Å². The molecule has 0 saturated carbocycles. The lowest BCUT2D eigenvalue weighted by atomic mass is 10.2. The minimum absolute atomic E-state index is 0.286. The van der Waals surface area contributed by atoms with Gasteiger partial charge in [0.15, 0.2) is 0 Å². The molecule has 70 valence electrons. The summed E-state index contributed by atoms with van der Waals surface area (Å²) in [6.45, 7) is 4.09. The van der Waals surface area contributed by atoms with E-state index in [9.17, 15) is 0 Å². The van der Waals surface area contributed by atoms with Gasteiger partial charge >= 0.3 is 0 Å². The number of nitrogens with zero attached hydrogens (tertiary/aromatic N) is 1. The van der Waals surface area contributed by atoms with E-state index in [2.05, 4.69) is 31.0 Å². The van der Waals surface area contributed by atoms with Crippen molar-refractivity contribution in [2.24, 2.45) is 0 Å². The van der Waals surface area contributed by atoms with Crippen molar-refractivity contribution in [3.8, 4) is 5.75 Å². The molecule has 1 heterocycles. The average Bonchev–Trinajstić information content (AvgIpc) is 2.20. The van der Waals surface area contributed by atoms with Gasteiger partial charge in [0.05, 0.1) is 0 Å². The Balaban J connectivity index is 2.32. The van der Waals surface area contributed by atoms with Crippen LogP contribution in [0.1, 0.15) is 12.5 Å². The van der Waals surface area contributed by atoms with Gasteiger partial charge in [0.2, 0.25) is 0 Å². The number of benzene rings is 1. The maximum atomic E-state index is 5.79. The van der Waals surface area contributed by atoms with Gasteiger partial charge in [0.1, 0.15) is 11.9 Å². The molecule has 1 aliphatic rings. The molecule has 0 spiro atoms. The fourth-order valence-corrected chi connectivity index (χ4v) is 1.80. The smallest absolute Gasteiger partial charge is 0.124 e. The van der Waals surface area contributed by atoms with E-state index in [1.807, 2.05) is 12.1 Å². The van der Waals surface area contributed by atoms with Crippen LogP contribution in [-0.4, -0.2) is 24.6 Å². The highest BCUT2D eigenvalue weighted by Gasteiger charge is 2.16. The molecule has 1 unspecified atom stereocenters. The van der Waals surface area contributed by atoms with Crippen molar-refractivity contribution < 1.29 is 4.74 Å². The highest BCUT2D eigenvalue weighted by molar-refractivity contribution is 5.33. The molecular weight excluding hydrogens is 162 g/mol. The van der Waals surface area contributed by atoms with Gasteiger partial charge in [-0.3, -0.25) is 4.90 Å². The Hall–Kier alpha value is -1.02. The van der Waals surface area contributed by atoms with Crippen molar-refractivity contribution in [2.45, 2.75) is 19.6 Å². The summed E-state index contributed by atoms with van der Waals surface area (Å²) in [7, 11) is 2.13. The summed E-state index contributed by atoms with van der Waals surface area (Å²) in [4.78, 5) is 2.29. The van der Waals surface area contributed by atoms with E-state index < -0.39 is 0 Å². The predicted molar refractivity (Wildman–Crippen MR) is 52.9 cm³/mol. The molecule has 1 aromatic rings. The maximum absolute atomic E-state index is 5.79. The molecule has 0 aliphatic carbocycles. The first-order chi connectivity index (χ1) is 6.25. The van der Waals surface area contributed by atoms with Gasteiger partial charge in [-0.15, -0.1) is 0 Å². The minimum atomic E-state index is 0.286. The molecular formula is C11H15NO. The topological polar surface area (TPSA) is 12.5 Å². The molecule has 0 amide bonds. The number of fused-ring (bicyclic) bond motifs is 1. The van der Waals surface area contributed by atoms with Gasteiger partial charge in [-0.1, -0.05) is 18.2 Å². The number of para-hydroxylation sites is 1. The van der Waals surface area contributed by atoms with E-state index >= 15 is 0 Å². The predicted octanol–water partition coefficient (Wildman–Crippen LogP) is 1.90. The Bertz CT molecular complexity index is 269. The molecule has 0 N–H and O–H groups in total. The molecule has 2 nitrogen and oxygen atoms in total. The molecule has 1 aliphatic heterocycles. The molecule has 2 rings (SSSR count). The molecule has 0 radical (unpaired) electrons. The summed E-state index contributed by atoms with van der Waals surface area (Å²) in [5.74, 6) is 1.04. The monoisotopic (exact) mass is 177 g/mol. The number of rotatable bonds is 0. The maximum Gasteiger partial charge on any atom is 0.124 e. The van der Waals surface area contributed by atoms with Crippen molar-refractivity contribution in [3.05, 3.63) is 29.8 Å². The van der Waals surface area contributed by atoms with Crippen LogP contribution < -0.4 is 4.74 Å². The van der Waals surface area contributed by atoms with E-state index in [1.54, 1.807) is 0 Å². The van der Waals surface area contributed by atoms with Crippen molar-refractivity contribution >= 4 is 0 Å². The standard InChI is InChI=1S/C11H15NO/c1-9-7-12(2)8-10-5-3-4-6-11(10)13-9/h3-6,9H,7-8H2,1-2H3. The zero-order chi connectivity index (χ0) is 9.26. The van der Waals surface area contributed by atoms with Gasteiger partial charge in [-0.05, 0) is 20.0 Å². The lowest BCUT2D eigenvalue weighted by Gasteiger charge is -2.15. The third-order valence-corrected chi connectivity index (χ3v) is 2.31. The molecule has 0 aromatic heterocycles. The summed E-state index contributed by atoms with van der Waals surface area (Å²) in [5, 5.41) is 0. The van der Waals surface area contributed by atoms with Crippen LogP contribution in [0.5, 0.6) is 5.75 Å². The minimum Gasteiger partial charge on any atom is -0.489 e. The van der Waals surface area contributed by atoms with Crippen LogP contribution in [0.15, 0.2) is 24.3 Å². The zero-order valence-electron chi connectivity index (χ0n) is 8.16. The number of likely N-dealkylation sites (N-methyl/N-ethyl adjacent to an activating group) is 1. The van der Waals surface area contributed by atoms with E-state index in [4.69, 9.17) is 4.74 Å². The van der Waals surface area contributed by atoms with Gasteiger partial charge in [0.25, 0.3) is 0 Å². The number of hydrogen-bond acceptors (Lipinski definition) is 2. The van der Waals surface area contributed by atoms with Gasteiger partial charge < -0.3 is 4.74 Å². The Morgan fingerprint density at radius 1 is 1.38 bits per heavy atom. The molecule has 0 fully saturated rings. The first kappa shape index (κ1) is 8.57. The molecule has 2 heteroatoms. The molecule has 13 heavy (non-hydrogen) atoms. The van der Waals surface area contributed by atoms with Gasteiger partial charge in [-0.2, -0.15) is 0 Å². The Labute approximate surface area is 79.1 Å². The SMILES string of the molecule is CC1CN(C)Cc2ccccc2O1. The second kappa shape index (κ2) is 3.38. The Kier molecular flexibility index (Phi) is 2.23. The van der Waals surface area contributed by atoms with Gasteiger partial charge in [-0.25, -0.2) is 0 Å². The highest BCUT2D eigenvalue weighted by Crippen LogP contribution is 2.23. The third-order valence-electron chi connectivity index (χ3n) is 2.31. The lowest BCUT2D eigenvalue weighted by Crippen LogP contribution is -2.27. The van der Waals surface area contributed by atoms with Crippen molar-refractivity contribution in [3.63, 3.8) is 0 Å². The van der Waals surface area contributed by atoms with Crippen molar-refractivity contribution in [2.75, 3.05) is 13.6 Å². The summed E-state index contributed by atoms with van der Waals surface area (Å²) < 4.78 is 5.79. The molecule has 1 aromatic carbocycles. The highest BCUT2D eigenvalue weighted by atomic mass is 16.5. The Morgan fingerprint density at radius 3 is 3.00 bits per heavy atom. The largest absolute Gasteiger partial charge is 0.489 e. The number of ether oxygens (including phenoxy) is 1. The fraction of sp³-hybridized carbons (Fsp3) is 0.455. The second-order valence-corrected chi connectivity index (χ2v) is 3.73. The lowest BCUT2D eigenvalue weighted by molar-refractivity contribution is 0.179. The van der Waals surface area contributed by atoms with E-state index in [1.165, 1.54) is 5.56 Å². The van der Waals surface area contributed by atoms with Crippen LogP contribution in [0.4, 0.5) is 0 Å². The van der Waals surface area contributed by atoms with Crippen LogP contribution in [0.2, 0.25) is 0 Å². The van der Waals surface area contributed by atoms with Crippen LogP contribution in [0.25, 0.3) is 0 Å². The van der Waals surface area contributed by atoms with Crippen LogP contribution >= 0.6 is 0 Å². The Morgan fingerprint density at radius 2 is 2.15 bits per heavy atom. The number of hydrogen-bond donors (Lipinski definition) is 0. The molecule has 0 bridgehead atoms. The summed E-state index contributed by atoms with van der Waals surface area (Å²) >= 11 is 0. The molecule has 0 saturated heterocycles. The van der Waals surface area contributed by atoms with E-state index in [0.29, 0.717) is 0 Å². The summed E-state index contributed by atoms with van der Waals surface area (Å²) in [6, 6.07) is 8.26. The quantitative estimate of drug-likeness (QED) is 0.600. The zero-order valence-corrected chi connectivity index (χ0v) is 8.16. The first-order valence-electron chi connectivity index (χ1n) is 4.69. The molecule has 1 atom stereocenters. The first-order valence-corrected chi connectivity index (χ1v) is 4.69. The van der Waals surface area contributed by atoms with Gasteiger partial charge in [0, 0.05) is 18.7 Å². The van der Waals surface area contributed by atoms with E-state index in [-0.39, 0.29) is 6.10 Å². The van der Waals surface area contributed by atoms with Crippen LogP contribution in [-0.2, 0) is 6.54 Å². The van der Waals surface area contributed by atoms with Crippen LogP contribution in [0.3, 0.4) is 0 Å². The fourth-order valence-electron chi connectivity index (χ4n) is 1.80.